The Morgan fingerprint density at radius 2 is 1.59 bits per heavy atom. The van der Waals surface area contributed by atoms with Crippen LogP contribution in [0.4, 0.5) is 0 Å². The van der Waals surface area contributed by atoms with E-state index >= 15 is 0 Å². The van der Waals surface area contributed by atoms with Crippen molar-refractivity contribution in [1.82, 2.24) is 0 Å². The summed E-state index contributed by atoms with van der Waals surface area (Å²) in [7, 11) is 1.77. The van der Waals surface area contributed by atoms with Gasteiger partial charge in [-0.05, 0) is 83.5 Å². The van der Waals surface area contributed by atoms with E-state index in [0.717, 1.165) is 51.4 Å². The molecule has 6 fully saturated rings. The summed E-state index contributed by atoms with van der Waals surface area (Å²) in [6, 6.07) is 0. The molecule has 0 aromatic carbocycles. The summed E-state index contributed by atoms with van der Waals surface area (Å²) < 4.78 is 47.0. The molecule has 51 heavy (non-hydrogen) atoms. The monoisotopic (exact) mass is 724 g/mol. The van der Waals surface area contributed by atoms with Crippen molar-refractivity contribution in [2.75, 3.05) is 13.7 Å². The van der Waals surface area contributed by atoms with E-state index in [9.17, 15) is 20.1 Å². The summed E-state index contributed by atoms with van der Waals surface area (Å²) in [6.07, 6.45) is 5.85. The Balaban J connectivity index is 1.13. The topological polar surface area (TPSA) is 142 Å². The highest BCUT2D eigenvalue weighted by atomic mass is 16.7. The molecule has 3 N–H and O–H groups in total. The number of carbonyl (C=O) groups is 1. The fourth-order valence-corrected chi connectivity index (χ4v) is 11.3. The Hall–Kier alpha value is -0.890. The van der Waals surface area contributed by atoms with Crippen molar-refractivity contribution in [3.63, 3.8) is 0 Å². The standard InChI is InChI=1S/C40H68O11/c1-21-11-12-28(46-33(21)26(6)36(42)43)17-29-18-30(45-10)27(7)40(48-29)25(5)19-38(9,51-40)32-13-14-37(8,49-32)35-23(3)16-31(47-35)34-22(2)15-24(4)39(44,20-41)50-34/h21-35,41,44H,11-20H2,1-10H3,(H,42,43)/t21-,22-,23-,24+,25+,26+,27+,28+,29+,30+,31+,32-,33+,34-,35-,37-,38-,39-,40+/m0/s1. The molecule has 6 aliphatic rings. The lowest BCUT2D eigenvalue weighted by Gasteiger charge is -2.50. The first-order chi connectivity index (χ1) is 23.9. The van der Waals surface area contributed by atoms with Crippen LogP contribution in [0.1, 0.15) is 120 Å². The maximum atomic E-state index is 11.8. The smallest absolute Gasteiger partial charge is 0.308 e. The zero-order valence-corrected chi connectivity index (χ0v) is 32.8. The van der Waals surface area contributed by atoms with E-state index in [1.165, 1.54) is 0 Å². The van der Waals surface area contributed by atoms with Crippen molar-refractivity contribution in [2.45, 2.75) is 192 Å². The van der Waals surface area contributed by atoms with E-state index in [-0.39, 0.29) is 84.3 Å². The molecule has 0 aliphatic carbocycles. The molecule has 0 radical (unpaired) electrons. The lowest BCUT2D eigenvalue weighted by Crippen LogP contribution is -2.58. The largest absolute Gasteiger partial charge is 0.481 e. The molecule has 0 saturated carbocycles. The highest BCUT2D eigenvalue weighted by Gasteiger charge is 2.65. The minimum atomic E-state index is -1.55. The summed E-state index contributed by atoms with van der Waals surface area (Å²) in [4.78, 5) is 11.8. The second-order valence-electron chi connectivity index (χ2n) is 18.4. The summed E-state index contributed by atoms with van der Waals surface area (Å²) in [5.41, 5.74) is -1.10. The molecule has 0 unspecified atom stereocenters. The second-order valence-corrected chi connectivity index (χ2v) is 18.4. The summed E-state index contributed by atoms with van der Waals surface area (Å²) in [5.74, 6) is -3.26. The van der Waals surface area contributed by atoms with Crippen molar-refractivity contribution in [3.05, 3.63) is 0 Å². The molecule has 11 heteroatoms. The number of carboxylic acids is 1. The van der Waals surface area contributed by atoms with Crippen molar-refractivity contribution in [1.29, 1.82) is 0 Å². The summed E-state index contributed by atoms with van der Waals surface area (Å²) in [5, 5.41) is 30.7. The molecular weight excluding hydrogens is 656 g/mol. The van der Waals surface area contributed by atoms with Gasteiger partial charge in [-0.25, -0.2) is 0 Å². The number of aliphatic hydroxyl groups excluding tert-OH is 1. The average molecular weight is 725 g/mol. The van der Waals surface area contributed by atoms with E-state index < -0.39 is 41.3 Å². The first kappa shape index (κ1) is 39.8. The molecule has 294 valence electrons. The van der Waals surface area contributed by atoms with Crippen LogP contribution in [0, 0.1) is 41.4 Å². The van der Waals surface area contributed by atoms with Crippen LogP contribution in [-0.4, -0.2) is 107 Å². The zero-order valence-electron chi connectivity index (χ0n) is 32.8. The van der Waals surface area contributed by atoms with Gasteiger partial charge in [0.25, 0.3) is 0 Å². The van der Waals surface area contributed by atoms with Crippen LogP contribution in [0.5, 0.6) is 0 Å². The van der Waals surface area contributed by atoms with Gasteiger partial charge in [0.1, 0.15) is 0 Å². The average Bonchev–Trinajstić information content (AvgIpc) is 3.75. The Morgan fingerprint density at radius 3 is 2.25 bits per heavy atom. The second kappa shape index (κ2) is 14.6. The number of carboxylic acid groups (broad SMARTS) is 1. The van der Waals surface area contributed by atoms with Crippen molar-refractivity contribution < 1.29 is 53.3 Å². The number of aliphatic hydroxyl groups is 2. The van der Waals surface area contributed by atoms with Crippen LogP contribution in [-0.2, 0) is 38.0 Å². The first-order valence-corrected chi connectivity index (χ1v) is 20.0. The van der Waals surface area contributed by atoms with Gasteiger partial charge in [-0.1, -0.05) is 41.5 Å². The fourth-order valence-electron chi connectivity index (χ4n) is 11.3. The van der Waals surface area contributed by atoms with Gasteiger partial charge in [-0.15, -0.1) is 0 Å². The lowest BCUT2D eigenvalue weighted by atomic mass is 9.78. The number of ether oxygens (including phenoxy) is 7. The third-order valence-electron chi connectivity index (χ3n) is 14.4. The van der Waals surface area contributed by atoms with Crippen LogP contribution in [0.3, 0.4) is 0 Å². The van der Waals surface area contributed by atoms with Crippen molar-refractivity contribution >= 4 is 5.97 Å². The molecule has 0 amide bonds. The van der Waals surface area contributed by atoms with Crippen LogP contribution >= 0.6 is 0 Å². The number of aliphatic carboxylic acids is 1. The van der Waals surface area contributed by atoms with E-state index in [2.05, 4.69) is 48.5 Å². The predicted octanol–water partition coefficient (Wildman–Crippen LogP) is 5.71. The molecule has 19 atom stereocenters. The van der Waals surface area contributed by atoms with Gasteiger partial charge in [0, 0.05) is 37.7 Å². The Labute approximate surface area is 305 Å². The van der Waals surface area contributed by atoms with E-state index in [4.69, 9.17) is 33.2 Å². The molecule has 6 rings (SSSR count). The van der Waals surface area contributed by atoms with Crippen LogP contribution < -0.4 is 0 Å². The van der Waals surface area contributed by atoms with Crippen LogP contribution in [0.25, 0.3) is 0 Å². The highest BCUT2D eigenvalue weighted by Crippen LogP contribution is 2.57. The Bertz CT molecular complexity index is 1230. The molecule has 6 aliphatic heterocycles. The van der Waals surface area contributed by atoms with Crippen LogP contribution in [0.15, 0.2) is 0 Å². The highest BCUT2D eigenvalue weighted by molar-refractivity contribution is 5.70. The fraction of sp³-hybridized carbons (Fsp3) is 0.975. The van der Waals surface area contributed by atoms with Crippen LogP contribution in [0.2, 0.25) is 0 Å². The number of rotatable bonds is 9. The Morgan fingerprint density at radius 1 is 0.863 bits per heavy atom. The predicted molar refractivity (Wildman–Crippen MR) is 189 cm³/mol. The molecule has 6 heterocycles. The zero-order chi connectivity index (χ0) is 37.3. The van der Waals surface area contributed by atoms with Gasteiger partial charge in [-0.2, -0.15) is 0 Å². The molecule has 1 spiro atoms. The van der Waals surface area contributed by atoms with E-state index in [1.807, 2.05) is 6.92 Å². The van der Waals surface area contributed by atoms with Gasteiger partial charge < -0.3 is 48.5 Å². The first-order valence-electron chi connectivity index (χ1n) is 20.0. The van der Waals surface area contributed by atoms with E-state index in [1.54, 1.807) is 14.0 Å². The molecule has 6 saturated heterocycles. The Kier molecular flexibility index (Phi) is 11.4. The quantitative estimate of drug-likeness (QED) is 0.269. The van der Waals surface area contributed by atoms with Gasteiger partial charge in [-0.3, -0.25) is 4.79 Å². The van der Waals surface area contributed by atoms with Crippen molar-refractivity contribution in [2.24, 2.45) is 41.4 Å². The summed E-state index contributed by atoms with van der Waals surface area (Å²) in [6.45, 7) is 18.4. The maximum Gasteiger partial charge on any atom is 0.308 e. The van der Waals surface area contributed by atoms with Gasteiger partial charge >= 0.3 is 5.97 Å². The number of hydrogen-bond donors (Lipinski definition) is 3. The third kappa shape index (κ3) is 7.19. The molecule has 0 aromatic heterocycles. The van der Waals surface area contributed by atoms with Gasteiger partial charge in [0.15, 0.2) is 11.6 Å². The molecule has 0 bridgehead atoms. The normalized spacial score (nSPS) is 54.2. The minimum Gasteiger partial charge on any atom is -0.481 e. The SMILES string of the molecule is CO[C@@H]1C[C@@H](C[C@H]2CC[C@H](C)[C@H]([C@@H](C)C(=O)O)O2)O[C@]2(O[C@](C)([C@@H]3CC[C@@](C)([C@H]4O[C@@H]([C@H]5O[C@@](O)(CO)[C@H](C)C[C@@H]5C)C[C@@H]4C)O3)C[C@H]2C)[C@@H]1C. The van der Waals surface area contributed by atoms with Gasteiger partial charge in [0.2, 0.25) is 0 Å². The van der Waals surface area contributed by atoms with Crippen molar-refractivity contribution in [3.8, 4) is 0 Å². The number of methoxy groups -OCH3 is 1. The number of hydrogen-bond acceptors (Lipinski definition) is 10. The van der Waals surface area contributed by atoms with Gasteiger partial charge in [0.05, 0.1) is 72.6 Å². The molecule has 0 aromatic rings. The molecular formula is C40H68O11. The lowest BCUT2D eigenvalue weighted by molar-refractivity contribution is -0.353. The maximum absolute atomic E-state index is 11.8. The third-order valence-corrected chi connectivity index (χ3v) is 14.4. The molecule has 11 nitrogen and oxygen atoms in total. The van der Waals surface area contributed by atoms with E-state index in [0.29, 0.717) is 6.42 Å². The minimum absolute atomic E-state index is 0.00727. The summed E-state index contributed by atoms with van der Waals surface area (Å²) >= 11 is 0.